The van der Waals surface area contributed by atoms with Crippen LogP contribution in [0.4, 0.5) is 10.1 Å². The van der Waals surface area contributed by atoms with Gasteiger partial charge >= 0.3 is 182 Å². The van der Waals surface area contributed by atoms with Crippen molar-refractivity contribution in [2.24, 2.45) is 0 Å². The minimum absolute atomic E-state index is 0.0115. The van der Waals surface area contributed by atoms with Gasteiger partial charge in [0.2, 0.25) is 0 Å². The summed E-state index contributed by atoms with van der Waals surface area (Å²) in [6, 6.07) is 9.48. The third kappa shape index (κ3) is 4.16. The number of anilines is 1. The Morgan fingerprint density at radius 3 is 2.83 bits per heavy atom. The van der Waals surface area contributed by atoms with Gasteiger partial charge in [-0.1, -0.05) is 17.7 Å². The zero-order valence-corrected chi connectivity index (χ0v) is 21.2. The van der Waals surface area contributed by atoms with E-state index in [0.717, 1.165) is 4.26 Å². The van der Waals surface area contributed by atoms with Gasteiger partial charge in [0.05, 0.1) is 5.02 Å². The van der Waals surface area contributed by atoms with Crippen molar-refractivity contribution in [3.05, 3.63) is 85.7 Å². The predicted molar refractivity (Wildman–Crippen MR) is 134 cm³/mol. The van der Waals surface area contributed by atoms with E-state index in [1.54, 1.807) is 47.8 Å². The number of hydrogen-bond acceptors (Lipinski definition) is 4. The Hall–Kier alpha value is -3.39. The number of para-hydroxylation sites is 1. The molecule has 1 aliphatic rings. The van der Waals surface area contributed by atoms with Crippen molar-refractivity contribution >= 4 is 65.2 Å². The summed E-state index contributed by atoms with van der Waals surface area (Å²) in [5, 5.41) is 3.59. The van der Waals surface area contributed by atoms with Gasteiger partial charge in [0, 0.05) is 0 Å². The molecule has 1 aliphatic heterocycles. The average Bonchev–Trinajstić information content (AvgIpc) is 3.41. The number of hydrogen-bond donors (Lipinski definition) is 2. The molecule has 7 nitrogen and oxygen atoms in total. The summed E-state index contributed by atoms with van der Waals surface area (Å²) in [6.07, 6.45) is 1.69. The third-order valence-corrected chi connectivity index (χ3v) is 8.56. The van der Waals surface area contributed by atoms with E-state index >= 15 is 0 Å². The zero-order chi connectivity index (χ0) is 24.9. The summed E-state index contributed by atoms with van der Waals surface area (Å²) < 4.78 is 21.3. The Balaban J connectivity index is 1.34. The number of carbonyl (C=O) groups excluding carboxylic acids is 2. The predicted octanol–water partition coefficient (Wildman–Crippen LogP) is 4.15. The molecule has 0 fully saturated rings. The van der Waals surface area contributed by atoms with E-state index in [4.69, 9.17) is 16.3 Å². The minimum atomic E-state index is -0.525. The molecular weight excluding hydrogens is 540 g/mol. The zero-order valence-electron chi connectivity index (χ0n) is 18.7. The molecule has 0 radical (unpaired) electrons. The van der Waals surface area contributed by atoms with E-state index < -0.39 is 11.8 Å². The molecular formula is C25H19ClFN3O4Se. The van der Waals surface area contributed by atoms with Crippen LogP contribution in [0.1, 0.15) is 32.9 Å². The van der Waals surface area contributed by atoms with Crippen molar-refractivity contribution in [1.82, 2.24) is 8.55 Å². The molecule has 10 heteroatoms. The summed E-state index contributed by atoms with van der Waals surface area (Å²) >= 11 is 5.91. The van der Waals surface area contributed by atoms with Gasteiger partial charge in [-0.25, -0.2) is 0 Å². The molecule has 1 amide bonds. The standard InChI is InChI=1S/C25H19ClFN3O4Se/c1-12-19(11-16-15-4-3-5-18(26)22(15)29-23(16)31)28-13(2)21(12)25(33)34-9-8-30-24(32)17-10-14(27)6-7-20(17)35-30/h3-7,10-11,28H,8-9H2,1-2H3,(H,29,31)/b16-11-. The molecule has 0 atom stereocenters. The van der Waals surface area contributed by atoms with Gasteiger partial charge in [0.1, 0.15) is 0 Å². The Morgan fingerprint density at radius 1 is 1.23 bits per heavy atom. The fourth-order valence-corrected chi connectivity index (χ4v) is 6.41. The molecule has 4 aromatic rings. The van der Waals surface area contributed by atoms with Gasteiger partial charge in [0.25, 0.3) is 0 Å². The normalized spacial score (nSPS) is 13.9. The van der Waals surface area contributed by atoms with Crippen LogP contribution in [-0.2, 0) is 16.1 Å². The van der Waals surface area contributed by atoms with Crippen LogP contribution < -0.4 is 10.9 Å². The number of ether oxygens (including phenoxy) is 1. The van der Waals surface area contributed by atoms with E-state index in [2.05, 4.69) is 10.3 Å². The molecule has 0 saturated heterocycles. The Bertz CT molecular complexity index is 1610. The van der Waals surface area contributed by atoms with Crippen molar-refractivity contribution in [3.63, 3.8) is 0 Å². The van der Waals surface area contributed by atoms with Gasteiger partial charge in [-0.05, 0) is 6.07 Å². The van der Waals surface area contributed by atoms with E-state index in [-0.39, 0.29) is 39.4 Å². The van der Waals surface area contributed by atoms with Gasteiger partial charge in [-0.15, -0.1) is 0 Å². The molecule has 2 N–H and O–H groups in total. The number of aromatic nitrogens is 2. The second-order valence-corrected chi connectivity index (χ2v) is 10.8. The van der Waals surface area contributed by atoms with E-state index in [1.165, 1.54) is 12.1 Å². The monoisotopic (exact) mass is 559 g/mol. The Labute approximate surface area is 210 Å². The molecule has 3 heterocycles. The average molecular weight is 559 g/mol. The van der Waals surface area contributed by atoms with Crippen molar-refractivity contribution in [2.45, 2.75) is 20.4 Å². The molecule has 0 spiro atoms. The summed E-state index contributed by atoms with van der Waals surface area (Å²) in [7, 11) is 0. The van der Waals surface area contributed by atoms with Crippen molar-refractivity contribution in [3.8, 4) is 0 Å². The summed E-state index contributed by atoms with van der Waals surface area (Å²) in [5.74, 6) is -1.25. The van der Waals surface area contributed by atoms with Gasteiger partial charge in [-0.3, -0.25) is 0 Å². The second kappa shape index (κ2) is 9.00. The first-order valence-corrected chi connectivity index (χ1v) is 12.7. The molecule has 2 aromatic carbocycles. The molecule has 5 rings (SSSR count). The van der Waals surface area contributed by atoms with Crippen LogP contribution in [0.3, 0.4) is 0 Å². The van der Waals surface area contributed by atoms with Gasteiger partial charge < -0.3 is 0 Å². The number of benzene rings is 2. The first kappa shape index (κ1) is 23.4. The van der Waals surface area contributed by atoms with Crippen LogP contribution in [-0.4, -0.2) is 41.8 Å². The Kier molecular flexibility index (Phi) is 6.00. The number of carbonyl (C=O) groups is 2. The topological polar surface area (TPSA) is 93.2 Å². The van der Waals surface area contributed by atoms with Crippen LogP contribution in [0.25, 0.3) is 21.3 Å². The molecule has 35 heavy (non-hydrogen) atoms. The number of rotatable bonds is 5. The van der Waals surface area contributed by atoms with E-state index in [1.807, 2.05) is 0 Å². The molecule has 178 valence electrons. The molecule has 0 unspecified atom stereocenters. The van der Waals surface area contributed by atoms with Crippen LogP contribution in [0, 0.1) is 19.7 Å². The number of H-pyrrole nitrogens is 1. The number of nitrogens with one attached hydrogen (secondary N) is 2. The van der Waals surface area contributed by atoms with Crippen molar-refractivity contribution in [1.29, 1.82) is 0 Å². The number of nitrogens with zero attached hydrogens (tertiary/aromatic N) is 1. The fraction of sp³-hybridized carbons (Fsp3) is 0.160. The van der Waals surface area contributed by atoms with Gasteiger partial charge in [0.15, 0.2) is 0 Å². The quantitative estimate of drug-likeness (QED) is 0.219. The maximum absolute atomic E-state index is 13.5. The SMILES string of the molecule is Cc1[nH]c(/C=C2\C(=O)Nc3c(Cl)cccc32)c(C)c1C(=O)OCCn1[se]c2ccc(F)cc2c1=O. The molecule has 2 aromatic heterocycles. The number of aryl methyl sites for hydroxylation is 1. The van der Waals surface area contributed by atoms with Crippen LogP contribution in [0.15, 0.2) is 41.2 Å². The number of amides is 1. The Morgan fingerprint density at radius 2 is 2.03 bits per heavy atom. The van der Waals surface area contributed by atoms with Crippen molar-refractivity contribution in [2.75, 3.05) is 11.9 Å². The summed E-state index contributed by atoms with van der Waals surface area (Å²) in [4.78, 5) is 41.0. The van der Waals surface area contributed by atoms with Gasteiger partial charge in [-0.2, -0.15) is 0 Å². The molecule has 0 bridgehead atoms. The number of aromatic amines is 1. The van der Waals surface area contributed by atoms with Crippen LogP contribution in [0.2, 0.25) is 5.02 Å². The van der Waals surface area contributed by atoms with Crippen molar-refractivity contribution < 1.29 is 18.7 Å². The number of halogens is 2. The first-order chi connectivity index (χ1) is 16.7. The molecule has 0 aliphatic carbocycles. The van der Waals surface area contributed by atoms with Crippen LogP contribution >= 0.6 is 11.6 Å². The van der Waals surface area contributed by atoms with E-state index in [9.17, 15) is 18.8 Å². The summed E-state index contributed by atoms with van der Waals surface area (Å²) in [6.45, 7) is 3.76. The van der Waals surface area contributed by atoms with E-state index in [0.29, 0.717) is 49.7 Å². The maximum atomic E-state index is 13.5. The fourth-order valence-electron chi connectivity index (χ4n) is 4.18. The number of fused-ring (bicyclic) bond motifs is 2. The number of esters is 1. The summed E-state index contributed by atoms with van der Waals surface area (Å²) in [5.41, 5.74) is 3.69. The molecule has 0 saturated carbocycles. The second-order valence-electron chi connectivity index (χ2n) is 8.11. The first-order valence-electron chi connectivity index (χ1n) is 10.7. The third-order valence-electron chi connectivity index (χ3n) is 5.89. The van der Waals surface area contributed by atoms with Crippen LogP contribution in [0.5, 0.6) is 0 Å².